The van der Waals surface area contributed by atoms with E-state index in [0.29, 0.717) is 6.42 Å². The molecule has 2 aromatic carbocycles. The predicted octanol–water partition coefficient (Wildman–Crippen LogP) is 3.23. The highest BCUT2D eigenvalue weighted by molar-refractivity contribution is 5.89. The smallest absolute Gasteiger partial charge is 0.408 e. The molecule has 0 saturated heterocycles. The Hall–Kier alpha value is -3.35. The van der Waals surface area contributed by atoms with Gasteiger partial charge in [0.05, 0.1) is 7.11 Å². The van der Waals surface area contributed by atoms with Gasteiger partial charge in [0.25, 0.3) is 0 Å². The summed E-state index contributed by atoms with van der Waals surface area (Å²) in [6.45, 7) is 3.99. The molecule has 2 N–H and O–H groups in total. The molecule has 31 heavy (non-hydrogen) atoms. The Bertz CT molecular complexity index is 840. The molecule has 0 radical (unpaired) electrons. The molecule has 2 atom stereocenters. The molecular weight excluding hydrogens is 396 g/mol. The first-order valence-electron chi connectivity index (χ1n) is 10.3. The van der Waals surface area contributed by atoms with Crippen LogP contribution in [0.5, 0.6) is 0 Å². The van der Waals surface area contributed by atoms with Gasteiger partial charge in [-0.05, 0) is 23.5 Å². The Morgan fingerprint density at radius 1 is 0.839 bits per heavy atom. The van der Waals surface area contributed by atoms with Crippen molar-refractivity contribution in [2.75, 3.05) is 7.11 Å². The third-order valence-corrected chi connectivity index (χ3v) is 4.61. The minimum absolute atomic E-state index is 0.0987. The highest BCUT2D eigenvalue weighted by Crippen LogP contribution is 2.09. The lowest BCUT2D eigenvalue weighted by atomic mass is 10.0. The van der Waals surface area contributed by atoms with E-state index in [1.54, 1.807) is 0 Å². The van der Waals surface area contributed by atoms with E-state index < -0.39 is 30.1 Å². The Labute approximate surface area is 183 Å². The van der Waals surface area contributed by atoms with Crippen LogP contribution in [0.3, 0.4) is 0 Å². The molecule has 2 aromatic rings. The lowest BCUT2D eigenvalue weighted by Crippen LogP contribution is -2.53. The molecule has 0 saturated carbocycles. The Kier molecular flexibility index (Phi) is 9.55. The zero-order chi connectivity index (χ0) is 22.6. The fourth-order valence-electron chi connectivity index (χ4n) is 3.07. The molecule has 0 spiro atoms. The van der Waals surface area contributed by atoms with E-state index in [1.165, 1.54) is 7.11 Å². The summed E-state index contributed by atoms with van der Waals surface area (Å²) >= 11 is 0. The van der Waals surface area contributed by atoms with E-state index in [9.17, 15) is 14.4 Å². The number of hydrogen-bond donors (Lipinski definition) is 2. The number of carbonyl (C=O) groups is 3. The van der Waals surface area contributed by atoms with Crippen molar-refractivity contribution in [2.24, 2.45) is 5.92 Å². The predicted molar refractivity (Wildman–Crippen MR) is 117 cm³/mol. The molecule has 0 heterocycles. The highest BCUT2D eigenvalue weighted by atomic mass is 16.5. The number of carbonyl (C=O) groups excluding carboxylic acids is 3. The van der Waals surface area contributed by atoms with Crippen LogP contribution in [0, 0.1) is 5.92 Å². The number of ether oxygens (including phenoxy) is 2. The van der Waals surface area contributed by atoms with Crippen LogP contribution in [0.25, 0.3) is 0 Å². The molecule has 2 amide bonds. The summed E-state index contributed by atoms with van der Waals surface area (Å²) in [6, 6.07) is 16.9. The van der Waals surface area contributed by atoms with E-state index >= 15 is 0 Å². The average Bonchev–Trinajstić information content (AvgIpc) is 2.77. The van der Waals surface area contributed by atoms with Gasteiger partial charge in [0.2, 0.25) is 5.91 Å². The Morgan fingerprint density at radius 3 is 1.97 bits per heavy atom. The number of hydrogen-bond acceptors (Lipinski definition) is 5. The van der Waals surface area contributed by atoms with Gasteiger partial charge in [-0.25, -0.2) is 9.59 Å². The third kappa shape index (κ3) is 8.50. The molecule has 0 aromatic heterocycles. The van der Waals surface area contributed by atoms with E-state index in [2.05, 4.69) is 10.6 Å². The first-order chi connectivity index (χ1) is 14.9. The summed E-state index contributed by atoms with van der Waals surface area (Å²) in [5.41, 5.74) is 1.73. The first-order valence-corrected chi connectivity index (χ1v) is 10.3. The van der Waals surface area contributed by atoms with Crippen LogP contribution < -0.4 is 10.6 Å². The number of methoxy groups -OCH3 is 1. The molecule has 0 unspecified atom stereocenters. The summed E-state index contributed by atoms with van der Waals surface area (Å²) in [5, 5.41) is 5.34. The van der Waals surface area contributed by atoms with E-state index in [1.807, 2.05) is 74.5 Å². The standard InChI is InChI=1S/C24H30N2O5/c1-17(2)14-20(26-24(29)31-16-19-12-8-5-9-13-19)22(27)25-21(23(28)30-3)15-18-10-6-4-7-11-18/h4-13,17,20-21H,14-16H2,1-3H3,(H,25,27)(H,26,29)/t20-,21+/m0/s1. The van der Waals surface area contributed by atoms with Gasteiger partial charge in [-0.3, -0.25) is 4.79 Å². The maximum absolute atomic E-state index is 12.9. The molecule has 166 valence electrons. The highest BCUT2D eigenvalue weighted by Gasteiger charge is 2.28. The van der Waals surface area contributed by atoms with Crippen LogP contribution >= 0.6 is 0 Å². The summed E-state index contributed by atoms with van der Waals surface area (Å²) in [6.07, 6.45) is -0.0141. The van der Waals surface area contributed by atoms with Crippen molar-refractivity contribution in [3.05, 3.63) is 71.8 Å². The van der Waals surface area contributed by atoms with Crippen molar-refractivity contribution in [1.29, 1.82) is 0 Å². The minimum Gasteiger partial charge on any atom is -0.467 e. The van der Waals surface area contributed by atoms with Crippen molar-refractivity contribution in [3.8, 4) is 0 Å². The van der Waals surface area contributed by atoms with E-state index in [0.717, 1.165) is 11.1 Å². The van der Waals surface area contributed by atoms with E-state index in [-0.39, 0.29) is 18.9 Å². The van der Waals surface area contributed by atoms with Gasteiger partial charge in [-0.2, -0.15) is 0 Å². The minimum atomic E-state index is -0.864. The molecule has 0 aliphatic heterocycles. The topological polar surface area (TPSA) is 93.7 Å². The SMILES string of the molecule is COC(=O)[C@@H](Cc1ccccc1)NC(=O)[C@H](CC(C)C)NC(=O)OCc1ccccc1. The maximum Gasteiger partial charge on any atom is 0.408 e. The largest absolute Gasteiger partial charge is 0.467 e. The fourth-order valence-corrected chi connectivity index (χ4v) is 3.07. The van der Waals surface area contributed by atoms with Gasteiger partial charge in [0.15, 0.2) is 0 Å². The second kappa shape index (κ2) is 12.4. The normalized spacial score (nSPS) is 12.5. The molecule has 0 aliphatic carbocycles. The van der Waals surface area contributed by atoms with E-state index in [4.69, 9.17) is 9.47 Å². The zero-order valence-corrected chi connectivity index (χ0v) is 18.2. The summed E-state index contributed by atoms with van der Waals surface area (Å²) in [7, 11) is 1.28. The second-order valence-corrected chi connectivity index (χ2v) is 7.66. The number of esters is 1. The number of alkyl carbamates (subject to hydrolysis) is 1. The van der Waals surface area contributed by atoms with Crippen molar-refractivity contribution < 1.29 is 23.9 Å². The number of nitrogens with one attached hydrogen (secondary N) is 2. The fraction of sp³-hybridized carbons (Fsp3) is 0.375. The number of rotatable bonds is 10. The van der Waals surface area contributed by atoms with Crippen molar-refractivity contribution in [1.82, 2.24) is 10.6 Å². The quantitative estimate of drug-likeness (QED) is 0.569. The molecule has 7 nitrogen and oxygen atoms in total. The Morgan fingerprint density at radius 2 is 1.42 bits per heavy atom. The van der Waals surface area contributed by atoms with Gasteiger partial charge < -0.3 is 20.1 Å². The summed E-state index contributed by atoms with van der Waals surface area (Å²) in [4.78, 5) is 37.4. The maximum atomic E-state index is 12.9. The summed E-state index contributed by atoms with van der Waals surface area (Å²) < 4.78 is 10.1. The van der Waals surface area contributed by atoms with Gasteiger partial charge in [-0.1, -0.05) is 74.5 Å². The molecule has 2 rings (SSSR count). The van der Waals surface area contributed by atoms with Gasteiger partial charge in [-0.15, -0.1) is 0 Å². The number of benzene rings is 2. The molecule has 0 fully saturated rings. The lowest BCUT2D eigenvalue weighted by Gasteiger charge is -2.23. The summed E-state index contributed by atoms with van der Waals surface area (Å²) in [5.74, 6) is -0.875. The van der Waals surface area contributed by atoms with Crippen LogP contribution in [-0.4, -0.2) is 37.2 Å². The molecule has 7 heteroatoms. The van der Waals surface area contributed by atoms with Gasteiger partial charge in [0, 0.05) is 6.42 Å². The second-order valence-electron chi connectivity index (χ2n) is 7.66. The van der Waals surface area contributed by atoms with Crippen LogP contribution in [-0.2, 0) is 32.1 Å². The third-order valence-electron chi connectivity index (χ3n) is 4.61. The van der Waals surface area contributed by atoms with Crippen molar-refractivity contribution in [3.63, 3.8) is 0 Å². The zero-order valence-electron chi connectivity index (χ0n) is 18.2. The first kappa shape index (κ1) is 23.9. The molecule has 0 aliphatic rings. The van der Waals surface area contributed by atoms with Gasteiger partial charge >= 0.3 is 12.1 Å². The van der Waals surface area contributed by atoms with Crippen LogP contribution in [0.15, 0.2) is 60.7 Å². The van der Waals surface area contributed by atoms with Crippen LogP contribution in [0.1, 0.15) is 31.4 Å². The average molecular weight is 427 g/mol. The van der Waals surface area contributed by atoms with Crippen LogP contribution in [0.4, 0.5) is 4.79 Å². The van der Waals surface area contributed by atoms with Gasteiger partial charge in [0.1, 0.15) is 18.7 Å². The lowest BCUT2D eigenvalue weighted by molar-refractivity contribution is -0.145. The van der Waals surface area contributed by atoms with Crippen LogP contribution in [0.2, 0.25) is 0 Å². The Balaban J connectivity index is 2.01. The number of amides is 2. The van der Waals surface area contributed by atoms with Crippen molar-refractivity contribution >= 4 is 18.0 Å². The monoisotopic (exact) mass is 426 g/mol. The molecule has 0 bridgehead atoms. The molecular formula is C24H30N2O5. The van der Waals surface area contributed by atoms with Crippen molar-refractivity contribution in [2.45, 2.75) is 45.4 Å².